The third-order valence-electron chi connectivity index (χ3n) is 3.66. The van der Waals surface area contributed by atoms with Crippen LogP contribution in [0, 0.1) is 0 Å². The average molecular weight is 271 g/mol. The summed E-state index contributed by atoms with van der Waals surface area (Å²) in [5.41, 5.74) is 1.11. The Morgan fingerprint density at radius 1 is 1.20 bits per heavy atom. The highest BCUT2D eigenvalue weighted by Crippen LogP contribution is 2.19. The smallest absolute Gasteiger partial charge is 0.247 e. The first-order chi connectivity index (χ1) is 9.84. The molecular formula is C14H17N5O. The third-order valence-corrected chi connectivity index (χ3v) is 3.66. The Labute approximate surface area is 117 Å². The predicted molar refractivity (Wildman–Crippen MR) is 72.8 cm³/mol. The maximum absolute atomic E-state index is 12.7. The van der Waals surface area contributed by atoms with E-state index < -0.39 is 0 Å². The van der Waals surface area contributed by atoms with Crippen molar-refractivity contribution < 1.29 is 4.79 Å². The van der Waals surface area contributed by atoms with E-state index in [0.717, 1.165) is 31.5 Å². The fourth-order valence-electron chi connectivity index (χ4n) is 2.59. The molecule has 2 heterocycles. The van der Waals surface area contributed by atoms with Gasteiger partial charge in [0.15, 0.2) is 0 Å². The van der Waals surface area contributed by atoms with E-state index in [1.54, 1.807) is 4.68 Å². The van der Waals surface area contributed by atoms with Gasteiger partial charge >= 0.3 is 0 Å². The van der Waals surface area contributed by atoms with Gasteiger partial charge in [0, 0.05) is 19.5 Å². The summed E-state index contributed by atoms with van der Waals surface area (Å²) in [6, 6.07) is 9.62. The molecule has 1 aromatic heterocycles. The third kappa shape index (κ3) is 2.68. The summed E-state index contributed by atoms with van der Waals surface area (Å²) >= 11 is 0. The largest absolute Gasteiger partial charge is 0.341 e. The molecule has 1 amide bonds. The van der Waals surface area contributed by atoms with Crippen LogP contribution in [0.4, 0.5) is 0 Å². The molecule has 0 radical (unpaired) electrons. The molecule has 104 valence electrons. The van der Waals surface area contributed by atoms with Crippen LogP contribution in [0.3, 0.4) is 0 Å². The summed E-state index contributed by atoms with van der Waals surface area (Å²) in [6.45, 7) is 1.68. The Kier molecular flexibility index (Phi) is 3.71. The molecule has 0 N–H and O–H groups in total. The second-order valence-electron chi connectivity index (χ2n) is 5.03. The molecule has 1 aliphatic rings. The molecule has 0 aliphatic carbocycles. The molecule has 1 saturated heterocycles. The second-order valence-corrected chi connectivity index (χ2v) is 5.03. The molecule has 6 nitrogen and oxygen atoms in total. The van der Waals surface area contributed by atoms with E-state index in [4.69, 9.17) is 0 Å². The van der Waals surface area contributed by atoms with Crippen LogP contribution >= 0.6 is 0 Å². The Bertz CT molecular complexity index is 548. The number of amides is 1. The van der Waals surface area contributed by atoms with Crippen LogP contribution in [0.2, 0.25) is 0 Å². The maximum Gasteiger partial charge on any atom is 0.247 e. The number of tetrazole rings is 1. The van der Waals surface area contributed by atoms with Crippen LogP contribution in [0.1, 0.15) is 24.4 Å². The van der Waals surface area contributed by atoms with Gasteiger partial charge in [0.25, 0.3) is 0 Å². The van der Waals surface area contributed by atoms with Crippen LogP contribution in [-0.2, 0) is 11.2 Å². The van der Waals surface area contributed by atoms with E-state index in [1.165, 1.54) is 6.33 Å². The van der Waals surface area contributed by atoms with Crippen molar-refractivity contribution in [1.82, 2.24) is 25.1 Å². The maximum atomic E-state index is 12.7. The average Bonchev–Trinajstić information content (AvgIpc) is 3.18. The van der Waals surface area contributed by atoms with Crippen LogP contribution in [-0.4, -0.2) is 44.1 Å². The van der Waals surface area contributed by atoms with Gasteiger partial charge in [0.1, 0.15) is 12.4 Å². The zero-order valence-corrected chi connectivity index (χ0v) is 11.2. The number of benzene rings is 1. The van der Waals surface area contributed by atoms with Crippen molar-refractivity contribution in [2.45, 2.75) is 25.3 Å². The summed E-state index contributed by atoms with van der Waals surface area (Å²) in [5.74, 6) is 0.110. The van der Waals surface area contributed by atoms with Crippen molar-refractivity contribution in [2.24, 2.45) is 0 Å². The lowest BCUT2D eigenvalue weighted by molar-refractivity contribution is -0.134. The van der Waals surface area contributed by atoms with E-state index in [0.29, 0.717) is 6.42 Å². The lowest BCUT2D eigenvalue weighted by Gasteiger charge is -2.22. The summed E-state index contributed by atoms with van der Waals surface area (Å²) in [6.07, 6.45) is 4.29. The van der Waals surface area contributed by atoms with Crippen molar-refractivity contribution >= 4 is 5.91 Å². The highest BCUT2D eigenvalue weighted by Gasteiger charge is 2.28. The molecule has 2 aromatic rings. The molecule has 1 aromatic carbocycles. The number of carbonyl (C=O) groups is 1. The normalized spacial score (nSPS) is 16.3. The van der Waals surface area contributed by atoms with Crippen molar-refractivity contribution in [3.05, 3.63) is 42.2 Å². The molecule has 0 saturated carbocycles. The molecule has 1 atom stereocenters. The first-order valence-corrected chi connectivity index (χ1v) is 6.90. The minimum Gasteiger partial charge on any atom is -0.341 e. The number of nitrogens with zero attached hydrogens (tertiary/aromatic N) is 5. The molecule has 3 rings (SSSR count). The van der Waals surface area contributed by atoms with Crippen LogP contribution < -0.4 is 0 Å². The van der Waals surface area contributed by atoms with Gasteiger partial charge in [-0.25, -0.2) is 4.68 Å². The number of carbonyl (C=O) groups excluding carboxylic acids is 1. The van der Waals surface area contributed by atoms with E-state index in [1.807, 2.05) is 35.2 Å². The Morgan fingerprint density at radius 3 is 2.60 bits per heavy atom. The summed E-state index contributed by atoms with van der Waals surface area (Å²) in [7, 11) is 0. The topological polar surface area (TPSA) is 63.9 Å². The first kappa shape index (κ1) is 12.8. The van der Waals surface area contributed by atoms with Crippen molar-refractivity contribution in [2.75, 3.05) is 13.1 Å². The number of likely N-dealkylation sites (tertiary alicyclic amines) is 1. The summed E-state index contributed by atoms with van der Waals surface area (Å²) < 4.78 is 1.56. The zero-order chi connectivity index (χ0) is 13.8. The van der Waals surface area contributed by atoms with Gasteiger partial charge in [0.05, 0.1) is 0 Å². The molecule has 0 spiro atoms. The summed E-state index contributed by atoms with van der Waals surface area (Å²) in [4.78, 5) is 14.6. The predicted octanol–water partition coefficient (Wildman–Crippen LogP) is 1.08. The van der Waals surface area contributed by atoms with Crippen molar-refractivity contribution in [1.29, 1.82) is 0 Å². The van der Waals surface area contributed by atoms with E-state index in [9.17, 15) is 4.79 Å². The van der Waals surface area contributed by atoms with Gasteiger partial charge in [-0.1, -0.05) is 30.3 Å². The van der Waals surface area contributed by atoms with Crippen LogP contribution in [0.25, 0.3) is 0 Å². The highest BCUT2D eigenvalue weighted by atomic mass is 16.2. The quantitative estimate of drug-likeness (QED) is 0.834. The molecule has 0 bridgehead atoms. The fourth-order valence-corrected chi connectivity index (χ4v) is 2.59. The minimum atomic E-state index is -0.356. The fraction of sp³-hybridized carbons (Fsp3) is 0.429. The second kappa shape index (κ2) is 5.81. The van der Waals surface area contributed by atoms with Gasteiger partial charge in [0.2, 0.25) is 5.91 Å². The minimum absolute atomic E-state index is 0.110. The van der Waals surface area contributed by atoms with Crippen LogP contribution in [0.15, 0.2) is 36.7 Å². The Morgan fingerprint density at radius 2 is 1.95 bits per heavy atom. The van der Waals surface area contributed by atoms with Crippen molar-refractivity contribution in [3.63, 3.8) is 0 Å². The van der Waals surface area contributed by atoms with E-state index in [2.05, 4.69) is 15.5 Å². The monoisotopic (exact) mass is 271 g/mol. The Hall–Kier alpha value is -2.24. The van der Waals surface area contributed by atoms with Crippen molar-refractivity contribution in [3.8, 4) is 0 Å². The number of hydrogen-bond acceptors (Lipinski definition) is 4. The van der Waals surface area contributed by atoms with Gasteiger partial charge < -0.3 is 4.90 Å². The van der Waals surface area contributed by atoms with E-state index >= 15 is 0 Å². The molecule has 1 fully saturated rings. The number of rotatable bonds is 4. The molecular weight excluding hydrogens is 254 g/mol. The summed E-state index contributed by atoms with van der Waals surface area (Å²) in [5, 5.41) is 11.2. The SMILES string of the molecule is O=C(C(Cc1ccccc1)n1cnnn1)N1CCCC1. The Balaban J connectivity index is 1.82. The van der Waals surface area contributed by atoms with Gasteiger partial charge in [-0.2, -0.15) is 0 Å². The molecule has 20 heavy (non-hydrogen) atoms. The van der Waals surface area contributed by atoms with E-state index in [-0.39, 0.29) is 11.9 Å². The van der Waals surface area contributed by atoms with Crippen LogP contribution in [0.5, 0.6) is 0 Å². The first-order valence-electron chi connectivity index (χ1n) is 6.90. The number of aromatic nitrogens is 4. The van der Waals surface area contributed by atoms with Gasteiger partial charge in [-0.3, -0.25) is 4.79 Å². The zero-order valence-electron chi connectivity index (χ0n) is 11.2. The standard InChI is InChI=1S/C14H17N5O/c20-14(18-8-4-5-9-18)13(19-11-15-16-17-19)10-12-6-2-1-3-7-12/h1-3,6-7,11,13H,4-5,8-10H2. The highest BCUT2D eigenvalue weighted by molar-refractivity contribution is 5.80. The molecule has 1 aliphatic heterocycles. The van der Waals surface area contributed by atoms with Gasteiger partial charge in [-0.05, 0) is 28.8 Å². The number of hydrogen-bond donors (Lipinski definition) is 0. The lowest BCUT2D eigenvalue weighted by atomic mass is 10.1. The lowest BCUT2D eigenvalue weighted by Crippen LogP contribution is -2.36. The molecule has 6 heteroatoms. The molecule has 1 unspecified atom stereocenters. The van der Waals surface area contributed by atoms with Gasteiger partial charge in [-0.15, -0.1) is 5.10 Å².